The predicted molar refractivity (Wildman–Crippen MR) is 52.5 cm³/mol. The third-order valence-corrected chi connectivity index (χ3v) is 3.41. The van der Waals surface area contributed by atoms with Gasteiger partial charge in [0.05, 0.1) is 0 Å². The summed E-state index contributed by atoms with van der Waals surface area (Å²) in [7, 11) is 0. The minimum Gasteiger partial charge on any atom is -0.300 e. The van der Waals surface area contributed by atoms with Crippen LogP contribution >= 0.6 is 0 Å². The van der Waals surface area contributed by atoms with Crippen LogP contribution in [0.1, 0.15) is 32.6 Å². The molecular formula is C11H17NO. The van der Waals surface area contributed by atoms with Gasteiger partial charge in [-0.3, -0.25) is 9.69 Å². The molecule has 0 aromatic rings. The lowest BCUT2D eigenvalue weighted by atomic mass is 9.99. The second kappa shape index (κ2) is 3.26. The molecule has 2 rings (SSSR count). The van der Waals surface area contributed by atoms with Crippen LogP contribution in [0.4, 0.5) is 0 Å². The van der Waals surface area contributed by atoms with Crippen LogP contribution in [0.5, 0.6) is 0 Å². The van der Waals surface area contributed by atoms with Crippen LogP contribution in [0.2, 0.25) is 0 Å². The summed E-state index contributed by atoms with van der Waals surface area (Å²) in [6.45, 7) is 6.00. The summed E-state index contributed by atoms with van der Waals surface area (Å²) in [4.78, 5) is 13.8. The Kier molecular flexibility index (Phi) is 2.24. The lowest BCUT2D eigenvalue weighted by Crippen LogP contribution is -2.47. The van der Waals surface area contributed by atoms with Gasteiger partial charge in [-0.1, -0.05) is 6.08 Å². The largest absolute Gasteiger partial charge is 0.300 e. The highest BCUT2D eigenvalue weighted by molar-refractivity contribution is 5.81. The molecule has 0 radical (unpaired) electrons. The van der Waals surface area contributed by atoms with Crippen LogP contribution in [0.15, 0.2) is 12.7 Å². The molecule has 0 saturated carbocycles. The smallest absolute Gasteiger partial charge is 0.136 e. The minimum atomic E-state index is 0.436. The van der Waals surface area contributed by atoms with E-state index >= 15 is 0 Å². The SMILES string of the molecule is C=CC(C)N1C2CCC1CC(=O)C2. The molecular weight excluding hydrogens is 162 g/mol. The first kappa shape index (κ1) is 8.95. The zero-order valence-corrected chi connectivity index (χ0v) is 8.20. The van der Waals surface area contributed by atoms with Gasteiger partial charge in [0.2, 0.25) is 0 Å². The van der Waals surface area contributed by atoms with Gasteiger partial charge in [-0.25, -0.2) is 0 Å². The van der Waals surface area contributed by atoms with Gasteiger partial charge in [-0.2, -0.15) is 0 Å². The van der Waals surface area contributed by atoms with Crippen LogP contribution in [0, 0.1) is 0 Å². The molecule has 0 spiro atoms. The summed E-state index contributed by atoms with van der Waals surface area (Å²) in [5.74, 6) is 0.458. The number of hydrogen-bond acceptors (Lipinski definition) is 2. The van der Waals surface area contributed by atoms with Crippen molar-refractivity contribution in [3.63, 3.8) is 0 Å². The van der Waals surface area contributed by atoms with Crippen molar-refractivity contribution in [3.05, 3.63) is 12.7 Å². The number of carbonyl (C=O) groups excluding carboxylic acids is 1. The van der Waals surface area contributed by atoms with E-state index in [4.69, 9.17) is 0 Å². The Hall–Kier alpha value is -0.630. The highest BCUT2D eigenvalue weighted by atomic mass is 16.1. The van der Waals surface area contributed by atoms with E-state index in [2.05, 4.69) is 18.4 Å². The molecule has 2 aliphatic heterocycles. The van der Waals surface area contributed by atoms with Crippen molar-refractivity contribution in [3.8, 4) is 0 Å². The third kappa shape index (κ3) is 1.44. The predicted octanol–water partition coefficient (Wildman–Crippen LogP) is 1.76. The molecule has 0 aromatic carbocycles. The first-order valence-electron chi connectivity index (χ1n) is 5.14. The molecule has 2 aliphatic rings. The number of hydrogen-bond donors (Lipinski definition) is 0. The zero-order chi connectivity index (χ0) is 9.42. The first-order valence-corrected chi connectivity index (χ1v) is 5.14. The van der Waals surface area contributed by atoms with E-state index in [9.17, 15) is 4.79 Å². The van der Waals surface area contributed by atoms with Gasteiger partial charge >= 0.3 is 0 Å². The molecule has 0 amide bonds. The van der Waals surface area contributed by atoms with E-state index in [0.29, 0.717) is 23.9 Å². The molecule has 2 saturated heterocycles. The quantitative estimate of drug-likeness (QED) is 0.602. The summed E-state index contributed by atoms with van der Waals surface area (Å²) < 4.78 is 0. The molecule has 0 aromatic heterocycles. The summed E-state index contributed by atoms with van der Waals surface area (Å²) in [6, 6.07) is 1.46. The van der Waals surface area contributed by atoms with E-state index in [1.807, 2.05) is 6.08 Å². The molecule has 0 aliphatic carbocycles. The van der Waals surface area contributed by atoms with E-state index in [1.165, 1.54) is 12.8 Å². The van der Waals surface area contributed by atoms with Crippen LogP contribution < -0.4 is 0 Å². The van der Waals surface area contributed by atoms with Gasteiger partial charge in [0.15, 0.2) is 0 Å². The van der Waals surface area contributed by atoms with Gasteiger partial charge in [0, 0.05) is 31.0 Å². The molecule has 2 heterocycles. The van der Waals surface area contributed by atoms with Crippen molar-refractivity contribution >= 4 is 5.78 Å². The normalized spacial score (nSPS) is 36.2. The Morgan fingerprint density at radius 2 is 2.00 bits per heavy atom. The topological polar surface area (TPSA) is 20.3 Å². The number of carbonyl (C=O) groups is 1. The molecule has 2 bridgehead atoms. The molecule has 2 heteroatoms. The van der Waals surface area contributed by atoms with Crippen LogP contribution in [-0.2, 0) is 4.79 Å². The monoisotopic (exact) mass is 179 g/mol. The number of fused-ring (bicyclic) bond motifs is 2. The van der Waals surface area contributed by atoms with Crippen molar-refractivity contribution < 1.29 is 4.79 Å². The average molecular weight is 179 g/mol. The summed E-state index contributed by atoms with van der Waals surface area (Å²) in [5.41, 5.74) is 0. The maximum absolute atomic E-state index is 11.3. The maximum atomic E-state index is 11.3. The molecule has 2 fully saturated rings. The maximum Gasteiger partial charge on any atom is 0.136 e. The summed E-state index contributed by atoms with van der Waals surface area (Å²) in [6.07, 6.45) is 5.94. The Bertz CT molecular complexity index is 220. The third-order valence-electron chi connectivity index (χ3n) is 3.41. The molecule has 3 atom stereocenters. The van der Waals surface area contributed by atoms with Crippen molar-refractivity contribution in [2.75, 3.05) is 0 Å². The van der Waals surface area contributed by atoms with E-state index in [0.717, 1.165) is 12.8 Å². The summed E-state index contributed by atoms with van der Waals surface area (Å²) in [5, 5.41) is 0. The van der Waals surface area contributed by atoms with Gasteiger partial charge in [0.25, 0.3) is 0 Å². The van der Waals surface area contributed by atoms with Crippen LogP contribution in [-0.4, -0.2) is 28.8 Å². The van der Waals surface area contributed by atoms with E-state index in [1.54, 1.807) is 0 Å². The fraction of sp³-hybridized carbons (Fsp3) is 0.727. The Labute approximate surface area is 79.6 Å². The Morgan fingerprint density at radius 3 is 2.46 bits per heavy atom. The summed E-state index contributed by atoms with van der Waals surface area (Å²) >= 11 is 0. The van der Waals surface area contributed by atoms with Crippen molar-refractivity contribution in [2.45, 2.75) is 50.7 Å². The molecule has 3 unspecified atom stereocenters. The van der Waals surface area contributed by atoms with Gasteiger partial charge in [-0.15, -0.1) is 6.58 Å². The standard InChI is InChI=1S/C11H17NO/c1-3-8(2)12-9-4-5-10(12)7-11(13)6-9/h3,8-10H,1,4-7H2,2H3. The second-order valence-corrected chi connectivity index (χ2v) is 4.26. The highest BCUT2D eigenvalue weighted by Gasteiger charge is 2.41. The molecule has 72 valence electrons. The van der Waals surface area contributed by atoms with Gasteiger partial charge in [0.1, 0.15) is 5.78 Å². The fourth-order valence-corrected chi connectivity index (χ4v) is 2.79. The number of nitrogens with zero attached hydrogens (tertiary/aromatic N) is 1. The number of piperidine rings is 1. The second-order valence-electron chi connectivity index (χ2n) is 4.26. The Morgan fingerprint density at radius 1 is 1.46 bits per heavy atom. The van der Waals surface area contributed by atoms with Crippen molar-refractivity contribution in [1.82, 2.24) is 4.90 Å². The number of rotatable bonds is 2. The molecule has 0 N–H and O–H groups in total. The fourth-order valence-electron chi connectivity index (χ4n) is 2.79. The van der Waals surface area contributed by atoms with Crippen LogP contribution in [0.3, 0.4) is 0 Å². The first-order chi connectivity index (χ1) is 6.22. The lowest BCUT2D eigenvalue weighted by Gasteiger charge is -2.37. The van der Waals surface area contributed by atoms with Gasteiger partial charge < -0.3 is 0 Å². The van der Waals surface area contributed by atoms with Crippen molar-refractivity contribution in [1.29, 1.82) is 0 Å². The number of Topliss-reactive ketones (excluding diaryl/α,β-unsaturated/α-hetero) is 1. The van der Waals surface area contributed by atoms with E-state index in [-0.39, 0.29) is 0 Å². The molecule has 13 heavy (non-hydrogen) atoms. The van der Waals surface area contributed by atoms with Crippen LogP contribution in [0.25, 0.3) is 0 Å². The lowest BCUT2D eigenvalue weighted by molar-refractivity contribution is -0.124. The average Bonchev–Trinajstić information content (AvgIpc) is 2.37. The highest BCUT2D eigenvalue weighted by Crippen LogP contribution is 2.35. The molecule has 2 nitrogen and oxygen atoms in total. The van der Waals surface area contributed by atoms with E-state index < -0.39 is 0 Å². The number of ketones is 1. The zero-order valence-electron chi connectivity index (χ0n) is 8.20. The van der Waals surface area contributed by atoms with Gasteiger partial charge in [-0.05, 0) is 19.8 Å². The van der Waals surface area contributed by atoms with Crippen molar-refractivity contribution in [2.24, 2.45) is 0 Å². The minimum absolute atomic E-state index is 0.436. The Balaban J connectivity index is 2.14.